The summed E-state index contributed by atoms with van der Waals surface area (Å²) < 4.78 is 0. The van der Waals surface area contributed by atoms with E-state index in [1.165, 1.54) is 141 Å². The molecule has 0 aliphatic rings. The molecule has 0 aliphatic heterocycles. The normalized spacial score (nSPS) is 12.2. The van der Waals surface area contributed by atoms with Crippen LogP contribution in [-0.4, -0.2) is 0 Å². The van der Waals surface area contributed by atoms with Crippen molar-refractivity contribution in [2.45, 2.75) is 176 Å². The van der Waals surface area contributed by atoms with Gasteiger partial charge in [-0.15, -0.1) is 0 Å². The van der Waals surface area contributed by atoms with Gasteiger partial charge in [0.2, 0.25) is 0 Å². The molecule has 1 atom stereocenters. The van der Waals surface area contributed by atoms with E-state index in [2.05, 4.69) is 71.0 Å². The molecule has 0 heteroatoms. The van der Waals surface area contributed by atoms with Crippen LogP contribution in [0, 0.1) is 5.92 Å². The molecule has 0 saturated carbocycles. The smallest absolute Gasteiger partial charge is 0.0250 e. The molecule has 1 unspecified atom stereocenters. The van der Waals surface area contributed by atoms with Gasteiger partial charge in [-0.1, -0.05) is 142 Å². The molecule has 2 aromatic rings. The SMILES string of the molecule is CCCCCCCCC(CCc1cc(CCCC)cc(CCCC)c1)Cc1cc(CCCC)cc(CCCC)c1. The van der Waals surface area contributed by atoms with Crippen LogP contribution in [0.1, 0.15) is 171 Å². The first-order valence-electron chi connectivity index (χ1n) is 17.8. The van der Waals surface area contributed by atoms with E-state index in [0.29, 0.717) is 0 Å². The molecule has 0 aromatic heterocycles. The van der Waals surface area contributed by atoms with Gasteiger partial charge >= 0.3 is 0 Å². The van der Waals surface area contributed by atoms with E-state index >= 15 is 0 Å². The molecule has 0 spiro atoms. The minimum atomic E-state index is 0.796. The molecule has 0 saturated heterocycles. The third-order valence-corrected chi connectivity index (χ3v) is 8.83. The Kier molecular flexibility index (Phi) is 19.1. The van der Waals surface area contributed by atoms with Crippen molar-refractivity contribution < 1.29 is 0 Å². The topological polar surface area (TPSA) is 0 Å². The van der Waals surface area contributed by atoms with E-state index < -0.39 is 0 Å². The third-order valence-electron chi connectivity index (χ3n) is 8.83. The van der Waals surface area contributed by atoms with Crippen LogP contribution < -0.4 is 0 Å². The fraction of sp³-hybridized carbons (Fsp3) is 0.700. The zero-order chi connectivity index (χ0) is 28.8. The molecule has 0 radical (unpaired) electrons. The first-order valence-corrected chi connectivity index (χ1v) is 17.8. The lowest BCUT2D eigenvalue weighted by Gasteiger charge is -2.19. The van der Waals surface area contributed by atoms with Crippen molar-refractivity contribution in [3.05, 3.63) is 69.8 Å². The van der Waals surface area contributed by atoms with Crippen molar-refractivity contribution in [3.8, 4) is 0 Å². The van der Waals surface area contributed by atoms with Gasteiger partial charge in [0.05, 0.1) is 0 Å². The maximum atomic E-state index is 2.58. The fourth-order valence-corrected chi connectivity index (χ4v) is 6.31. The Labute approximate surface area is 251 Å². The van der Waals surface area contributed by atoms with Crippen LogP contribution >= 0.6 is 0 Å². The number of unbranched alkanes of at least 4 members (excludes halogenated alkanes) is 9. The molecule has 40 heavy (non-hydrogen) atoms. The molecule has 0 N–H and O–H groups in total. The molecule has 0 heterocycles. The number of hydrogen-bond acceptors (Lipinski definition) is 0. The summed E-state index contributed by atoms with van der Waals surface area (Å²) in [7, 11) is 0. The van der Waals surface area contributed by atoms with Crippen molar-refractivity contribution >= 4 is 0 Å². The van der Waals surface area contributed by atoms with E-state index in [0.717, 1.165) is 5.92 Å². The second-order valence-corrected chi connectivity index (χ2v) is 12.9. The highest BCUT2D eigenvalue weighted by Crippen LogP contribution is 2.26. The quantitative estimate of drug-likeness (QED) is 0.115. The van der Waals surface area contributed by atoms with Crippen LogP contribution in [0.2, 0.25) is 0 Å². The fourth-order valence-electron chi connectivity index (χ4n) is 6.31. The maximum absolute atomic E-state index is 2.58. The number of aryl methyl sites for hydroxylation is 5. The molecular weight excluding hydrogens is 480 g/mol. The van der Waals surface area contributed by atoms with Crippen LogP contribution in [-0.2, 0) is 38.5 Å². The Morgan fingerprint density at radius 1 is 0.350 bits per heavy atom. The maximum Gasteiger partial charge on any atom is -0.0250 e. The van der Waals surface area contributed by atoms with Crippen LogP contribution in [0.15, 0.2) is 36.4 Å². The van der Waals surface area contributed by atoms with Gasteiger partial charge in [-0.3, -0.25) is 0 Å². The van der Waals surface area contributed by atoms with E-state index in [1.54, 1.807) is 33.4 Å². The molecule has 2 aromatic carbocycles. The summed E-state index contributed by atoms with van der Waals surface area (Å²) >= 11 is 0. The highest BCUT2D eigenvalue weighted by Gasteiger charge is 2.13. The summed E-state index contributed by atoms with van der Waals surface area (Å²) in [5.74, 6) is 0.796. The highest BCUT2D eigenvalue weighted by atomic mass is 14.2. The molecule has 0 bridgehead atoms. The number of benzene rings is 2. The zero-order valence-electron chi connectivity index (χ0n) is 27.6. The lowest BCUT2D eigenvalue weighted by atomic mass is 9.86. The predicted molar refractivity (Wildman–Crippen MR) is 181 cm³/mol. The predicted octanol–water partition coefficient (Wildman–Crippen LogP) is 12.6. The Balaban J connectivity index is 2.18. The standard InChI is InChI=1S/C40H66/c1-6-11-16-17-18-19-24-34(27-40-32-37(22-14-9-4)29-38(33-40)23-15-10-5)25-26-39-30-35(20-12-7-2)28-36(31-39)21-13-8-3/h28-34H,6-27H2,1-5H3. The average molecular weight is 547 g/mol. The Bertz CT molecular complexity index is 838. The number of rotatable bonds is 24. The molecule has 226 valence electrons. The van der Waals surface area contributed by atoms with Gasteiger partial charge in [0.15, 0.2) is 0 Å². The first kappa shape index (κ1) is 34.6. The van der Waals surface area contributed by atoms with Gasteiger partial charge < -0.3 is 0 Å². The Morgan fingerprint density at radius 2 is 0.700 bits per heavy atom. The van der Waals surface area contributed by atoms with E-state index in [-0.39, 0.29) is 0 Å². The van der Waals surface area contributed by atoms with Gasteiger partial charge in [0, 0.05) is 0 Å². The Hall–Kier alpha value is -1.56. The monoisotopic (exact) mass is 547 g/mol. The van der Waals surface area contributed by atoms with Gasteiger partial charge in [0.25, 0.3) is 0 Å². The highest BCUT2D eigenvalue weighted by molar-refractivity contribution is 5.32. The molecule has 0 nitrogen and oxygen atoms in total. The van der Waals surface area contributed by atoms with E-state index in [1.807, 2.05) is 0 Å². The van der Waals surface area contributed by atoms with E-state index in [4.69, 9.17) is 0 Å². The van der Waals surface area contributed by atoms with Crippen LogP contribution in [0.5, 0.6) is 0 Å². The minimum Gasteiger partial charge on any atom is -0.0654 e. The van der Waals surface area contributed by atoms with Crippen molar-refractivity contribution in [1.29, 1.82) is 0 Å². The molecule has 2 rings (SSSR count). The zero-order valence-corrected chi connectivity index (χ0v) is 27.6. The van der Waals surface area contributed by atoms with E-state index in [9.17, 15) is 0 Å². The molecule has 0 aliphatic carbocycles. The van der Waals surface area contributed by atoms with Gasteiger partial charge in [-0.2, -0.15) is 0 Å². The largest absolute Gasteiger partial charge is 0.0654 e. The summed E-state index contributed by atoms with van der Waals surface area (Å²) in [6, 6.07) is 15.3. The lowest BCUT2D eigenvalue weighted by Crippen LogP contribution is -2.08. The van der Waals surface area contributed by atoms with Crippen LogP contribution in [0.4, 0.5) is 0 Å². The van der Waals surface area contributed by atoms with Crippen LogP contribution in [0.3, 0.4) is 0 Å². The second-order valence-electron chi connectivity index (χ2n) is 12.9. The summed E-state index contributed by atoms with van der Waals surface area (Å²) in [6.45, 7) is 11.6. The molecule has 0 amide bonds. The van der Waals surface area contributed by atoms with Crippen LogP contribution in [0.25, 0.3) is 0 Å². The summed E-state index contributed by atoms with van der Waals surface area (Å²) in [5, 5.41) is 0. The van der Waals surface area contributed by atoms with Gasteiger partial charge in [-0.05, 0) is 110 Å². The average Bonchev–Trinajstić information content (AvgIpc) is 2.97. The lowest BCUT2D eigenvalue weighted by molar-refractivity contribution is 0.421. The Morgan fingerprint density at radius 3 is 1.12 bits per heavy atom. The van der Waals surface area contributed by atoms with Crippen molar-refractivity contribution in [2.75, 3.05) is 0 Å². The molecular formula is C40H66. The first-order chi connectivity index (χ1) is 19.6. The van der Waals surface area contributed by atoms with Crippen molar-refractivity contribution in [2.24, 2.45) is 5.92 Å². The third kappa shape index (κ3) is 14.9. The summed E-state index contributed by atoms with van der Waals surface area (Å²) in [5.41, 5.74) is 9.58. The van der Waals surface area contributed by atoms with Gasteiger partial charge in [0.1, 0.15) is 0 Å². The summed E-state index contributed by atoms with van der Waals surface area (Å²) in [4.78, 5) is 0. The second kappa shape index (κ2) is 22.1. The summed E-state index contributed by atoms with van der Waals surface area (Å²) in [6.07, 6.45) is 29.0. The number of hydrogen-bond donors (Lipinski definition) is 0. The molecule has 0 fully saturated rings. The van der Waals surface area contributed by atoms with Gasteiger partial charge in [-0.25, -0.2) is 0 Å². The van der Waals surface area contributed by atoms with Crippen molar-refractivity contribution in [3.63, 3.8) is 0 Å². The minimum absolute atomic E-state index is 0.796. The van der Waals surface area contributed by atoms with Crippen molar-refractivity contribution in [1.82, 2.24) is 0 Å².